The van der Waals surface area contributed by atoms with E-state index in [0.717, 1.165) is 15.2 Å². The number of aromatic nitrogens is 2. The van der Waals surface area contributed by atoms with Crippen LogP contribution in [0.4, 0.5) is 5.13 Å². The Morgan fingerprint density at radius 2 is 1.88 bits per heavy atom. The lowest BCUT2D eigenvalue weighted by molar-refractivity contribution is -0.118. The molecule has 1 amide bonds. The van der Waals surface area contributed by atoms with Gasteiger partial charge in [-0.25, -0.2) is 9.97 Å². The van der Waals surface area contributed by atoms with Gasteiger partial charge in [0.1, 0.15) is 21.5 Å². The Kier molecular flexibility index (Phi) is 5.36. The zero-order valence-electron chi connectivity index (χ0n) is 11.7. The SMILES string of the molecule is O=C(Cl)C(Cl)C(Cl)C(=O)Nc1nc(-c2nc3ccccc3s2)cs1. The van der Waals surface area contributed by atoms with E-state index in [-0.39, 0.29) is 0 Å². The molecule has 5 nitrogen and oxygen atoms in total. The van der Waals surface area contributed by atoms with Crippen LogP contribution >= 0.6 is 57.5 Å². The summed E-state index contributed by atoms with van der Waals surface area (Å²) < 4.78 is 1.05. The summed E-state index contributed by atoms with van der Waals surface area (Å²) in [6.45, 7) is 0. The van der Waals surface area contributed by atoms with Crippen LogP contribution in [0, 0.1) is 0 Å². The van der Waals surface area contributed by atoms with Gasteiger partial charge in [-0.1, -0.05) is 12.1 Å². The molecule has 3 aromatic rings. The lowest BCUT2D eigenvalue weighted by atomic mass is 10.3. The van der Waals surface area contributed by atoms with Crippen LogP contribution in [0.1, 0.15) is 0 Å². The molecule has 124 valence electrons. The molecular formula is C14H8Cl3N3O2S2. The largest absolute Gasteiger partial charge is 0.301 e. The van der Waals surface area contributed by atoms with E-state index in [4.69, 9.17) is 34.8 Å². The highest BCUT2D eigenvalue weighted by Crippen LogP contribution is 2.32. The van der Waals surface area contributed by atoms with E-state index in [9.17, 15) is 9.59 Å². The van der Waals surface area contributed by atoms with Crippen molar-refractivity contribution in [1.82, 2.24) is 9.97 Å². The highest BCUT2D eigenvalue weighted by atomic mass is 35.5. The second kappa shape index (κ2) is 7.33. The molecule has 3 rings (SSSR count). The molecule has 2 unspecified atom stereocenters. The lowest BCUT2D eigenvalue weighted by Gasteiger charge is -2.10. The zero-order chi connectivity index (χ0) is 17.3. The van der Waals surface area contributed by atoms with E-state index in [2.05, 4.69) is 15.3 Å². The standard InChI is InChI=1S/C14H8Cl3N3O2S2/c15-9(11(17)21)10(16)12(22)20-14-19-7(5-23-14)13-18-6-3-1-2-4-8(6)24-13/h1-5,9-10H,(H,19,20,22). The van der Waals surface area contributed by atoms with Gasteiger partial charge in [-0.05, 0) is 23.7 Å². The maximum Gasteiger partial charge on any atom is 0.246 e. The predicted molar refractivity (Wildman–Crippen MR) is 99.5 cm³/mol. The number of anilines is 1. The Labute approximate surface area is 159 Å². The average Bonchev–Trinajstić information content (AvgIpc) is 3.19. The third kappa shape index (κ3) is 3.70. The van der Waals surface area contributed by atoms with Crippen LogP contribution in [-0.2, 0) is 9.59 Å². The van der Waals surface area contributed by atoms with Crippen LogP contribution in [0.5, 0.6) is 0 Å². The highest BCUT2D eigenvalue weighted by Gasteiger charge is 2.30. The van der Waals surface area contributed by atoms with E-state index in [1.807, 2.05) is 24.3 Å². The average molecular weight is 421 g/mol. The maximum absolute atomic E-state index is 12.0. The number of thiazole rings is 2. The third-order valence-electron chi connectivity index (χ3n) is 2.97. The molecule has 0 bridgehead atoms. The topological polar surface area (TPSA) is 72.0 Å². The number of benzene rings is 1. The maximum atomic E-state index is 12.0. The van der Waals surface area contributed by atoms with Crippen LogP contribution in [0.3, 0.4) is 0 Å². The lowest BCUT2D eigenvalue weighted by Crippen LogP contribution is -2.33. The summed E-state index contributed by atoms with van der Waals surface area (Å²) in [7, 11) is 0. The number of carbonyl (C=O) groups excluding carboxylic acids is 2. The normalized spacial score (nSPS) is 13.6. The molecule has 1 N–H and O–H groups in total. The number of amides is 1. The first kappa shape index (κ1) is 17.6. The monoisotopic (exact) mass is 419 g/mol. The van der Waals surface area contributed by atoms with Crippen molar-refractivity contribution >= 4 is 84.0 Å². The number of nitrogens with one attached hydrogen (secondary N) is 1. The van der Waals surface area contributed by atoms with Gasteiger partial charge in [-0.15, -0.1) is 45.9 Å². The van der Waals surface area contributed by atoms with E-state index in [0.29, 0.717) is 10.8 Å². The number of nitrogens with zero attached hydrogens (tertiary/aromatic N) is 2. The van der Waals surface area contributed by atoms with Gasteiger partial charge in [-0.2, -0.15) is 0 Å². The van der Waals surface area contributed by atoms with Gasteiger partial charge in [0.05, 0.1) is 10.2 Å². The van der Waals surface area contributed by atoms with Crippen molar-refractivity contribution in [2.24, 2.45) is 0 Å². The molecule has 10 heteroatoms. The first-order valence-electron chi connectivity index (χ1n) is 6.55. The van der Waals surface area contributed by atoms with Crippen LogP contribution in [0.15, 0.2) is 29.6 Å². The van der Waals surface area contributed by atoms with Crippen LogP contribution in [0.2, 0.25) is 0 Å². The molecule has 24 heavy (non-hydrogen) atoms. The molecular weight excluding hydrogens is 413 g/mol. The van der Waals surface area contributed by atoms with Crippen molar-refractivity contribution in [2.45, 2.75) is 10.8 Å². The number of alkyl halides is 2. The van der Waals surface area contributed by atoms with Crippen molar-refractivity contribution in [2.75, 3.05) is 5.32 Å². The quantitative estimate of drug-likeness (QED) is 0.492. The summed E-state index contributed by atoms with van der Waals surface area (Å²) in [5.41, 5.74) is 1.54. The molecule has 0 radical (unpaired) electrons. The van der Waals surface area contributed by atoms with E-state index in [1.54, 1.807) is 5.38 Å². The van der Waals surface area contributed by atoms with Gasteiger partial charge >= 0.3 is 0 Å². The molecule has 0 aliphatic carbocycles. The van der Waals surface area contributed by atoms with Crippen molar-refractivity contribution in [3.8, 4) is 10.7 Å². The number of para-hydroxylation sites is 1. The molecule has 0 aliphatic rings. The second-order valence-corrected chi connectivity index (χ2v) is 7.82. The molecule has 0 fully saturated rings. The van der Waals surface area contributed by atoms with Gasteiger partial charge in [0.15, 0.2) is 5.13 Å². The Balaban J connectivity index is 1.76. The zero-order valence-corrected chi connectivity index (χ0v) is 15.6. The molecule has 0 saturated heterocycles. The number of halogens is 3. The van der Waals surface area contributed by atoms with Gasteiger partial charge in [0.2, 0.25) is 11.1 Å². The van der Waals surface area contributed by atoms with Crippen molar-refractivity contribution < 1.29 is 9.59 Å². The smallest absolute Gasteiger partial charge is 0.246 e. The molecule has 2 aromatic heterocycles. The minimum Gasteiger partial charge on any atom is -0.301 e. The second-order valence-electron chi connectivity index (χ2n) is 4.62. The van der Waals surface area contributed by atoms with Crippen LogP contribution in [-0.4, -0.2) is 31.9 Å². The molecule has 0 saturated carbocycles. The molecule has 2 heterocycles. The van der Waals surface area contributed by atoms with Gasteiger partial charge in [-0.3, -0.25) is 9.59 Å². The minimum atomic E-state index is -1.31. The molecule has 1 aromatic carbocycles. The number of hydrogen-bond donors (Lipinski definition) is 1. The Morgan fingerprint density at radius 1 is 1.12 bits per heavy atom. The fourth-order valence-corrected chi connectivity index (χ4v) is 4.01. The summed E-state index contributed by atoms with van der Waals surface area (Å²) in [6.07, 6.45) is 0. The third-order valence-corrected chi connectivity index (χ3v) is 6.16. The van der Waals surface area contributed by atoms with Crippen LogP contribution in [0.25, 0.3) is 20.9 Å². The fraction of sp³-hybridized carbons (Fsp3) is 0.143. The summed E-state index contributed by atoms with van der Waals surface area (Å²) in [5, 5.41) is 1.91. The Hall–Kier alpha value is -1.25. The summed E-state index contributed by atoms with van der Waals surface area (Å²) >= 11 is 19.5. The first-order valence-corrected chi connectivity index (χ1v) is 9.50. The summed E-state index contributed by atoms with van der Waals surface area (Å²) in [6, 6.07) is 7.76. The van der Waals surface area contributed by atoms with Crippen molar-refractivity contribution in [1.29, 1.82) is 0 Å². The number of hydrogen-bond acceptors (Lipinski definition) is 6. The molecule has 0 spiro atoms. The first-order chi connectivity index (χ1) is 11.5. The van der Waals surface area contributed by atoms with Gasteiger partial charge < -0.3 is 5.32 Å². The number of fused-ring (bicyclic) bond motifs is 1. The minimum absolute atomic E-state index is 0.339. The Bertz CT molecular complexity index is 878. The van der Waals surface area contributed by atoms with Crippen LogP contribution < -0.4 is 5.32 Å². The predicted octanol–water partition coefficient (Wildman–Crippen LogP) is 4.34. The number of carbonyl (C=O) groups is 2. The summed E-state index contributed by atoms with van der Waals surface area (Å²) in [5.74, 6) is -0.643. The summed E-state index contributed by atoms with van der Waals surface area (Å²) in [4.78, 5) is 31.7. The van der Waals surface area contributed by atoms with E-state index in [1.165, 1.54) is 22.7 Å². The Morgan fingerprint density at radius 3 is 2.58 bits per heavy atom. The van der Waals surface area contributed by atoms with E-state index >= 15 is 0 Å². The number of rotatable bonds is 5. The molecule has 2 atom stereocenters. The van der Waals surface area contributed by atoms with E-state index < -0.39 is 21.9 Å². The van der Waals surface area contributed by atoms with Gasteiger partial charge in [0, 0.05) is 5.38 Å². The highest BCUT2D eigenvalue weighted by molar-refractivity contribution is 7.22. The van der Waals surface area contributed by atoms with Crippen molar-refractivity contribution in [3.63, 3.8) is 0 Å². The molecule has 0 aliphatic heterocycles. The van der Waals surface area contributed by atoms with Crippen molar-refractivity contribution in [3.05, 3.63) is 29.6 Å². The fourth-order valence-electron chi connectivity index (χ4n) is 1.83. The van der Waals surface area contributed by atoms with Gasteiger partial charge in [0.25, 0.3) is 0 Å².